The van der Waals surface area contributed by atoms with Crippen LogP contribution in [0.3, 0.4) is 0 Å². The first-order valence-corrected chi connectivity index (χ1v) is 20.5. The van der Waals surface area contributed by atoms with Crippen LogP contribution in [-0.2, 0) is 38.0 Å². The van der Waals surface area contributed by atoms with E-state index in [0.29, 0.717) is 19.3 Å². The van der Waals surface area contributed by atoms with Gasteiger partial charge in [-0.2, -0.15) is 0 Å². The SMILES string of the molecule is CO[C@H]1[C@@H](C)[C@@H]([C@H](C)[C@H]2O[C@@]3(CC[C@@](C)([C@H]4CC[C@@](C)([C@@H]5O[C@@H]([C@H]6O[C@](C)(O)[C@H](C)C[C@@H]6C)C[C@@H]5C)O4)O3)C[C@H](O)[C@H]2C)O[C@@](O)([C@H](C)C(=O)O)[C@H]1C. The van der Waals surface area contributed by atoms with E-state index in [9.17, 15) is 25.2 Å². The highest BCUT2D eigenvalue weighted by molar-refractivity contribution is 5.70. The summed E-state index contributed by atoms with van der Waals surface area (Å²) in [6.07, 6.45) is 2.00. The van der Waals surface area contributed by atoms with Crippen molar-refractivity contribution in [2.24, 2.45) is 47.3 Å². The quantitative estimate of drug-likeness (QED) is 0.255. The molecule has 0 aliphatic carbocycles. The lowest BCUT2D eigenvalue weighted by atomic mass is 9.71. The third-order valence-electron chi connectivity index (χ3n) is 15.2. The zero-order valence-electron chi connectivity index (χ0n) is 34.2. The second-order valence-electron chi connectivity index (χ2n) is 19.2. The summed E-state index contributed by atoms with van der Waals surface area (Å²) in [4.78, 5) is 12.1. The third-order valence-corrected chi connectivity index (χ3v) is 15.2. The number of aliphatic carboxylic acids is 1. The average molecular weight is 755 g/mol. The minimum absolute atomic E-state index is 0.0508. The molecule has 0 radical (unpaired) electrons. The number of hydrogen-bond donors (Lipinski definition) is 4. The van der Waals surface area contributed by atoms with Gasteiger partial charge in [-0.15, -0.1) is 0 Å². The van der Waals surface area contributed by atoms with Crippen molar-refractivity contribution < 1.29 is 58.4 Å². The van der Waals surface area contributed by atoms with E-state index >= 15 is 0 Å². The molecule has 6 aliphatic heterocycles. The summed E-state index contributed by atoms with van der Waals surface area (Å²) >= 11 is 0. The fourth-order valence-corrected chi connectivity index (χ4v) is 11.5. The van der Waals surface area contributed by atoms with Crippen LogP contribution in [0.25, 0.3) is 0 Å². The van der Waals surface area contributed by atoms with Crippen molar-refractivity contribution in [1.29, 1.82) is 0 Å². The van der Waals surface area contributed by atoms with Gasteiger partial charge in [0.2, 0.25) is 0 Å². The van der Waals surface area contributed by atoms with Crippen LogP contribution in [0.15, 0.2) is 0 Å². The first kappa shape index (κ1) is 41.7. The van der Waals surface area contributed by atoms with E-state index in [1.165, 1.54) is 6.92 Å². The molecule has 6 rings (SSSR count). The van der Waals surface area contributed by atoms with Crippen molar-refractivity contribution in [3.05, 3.63) is 0 Å². The molecule has 53 heavy (non-hydrogen) atoms. The lowest BCUT2D eigenvalue weighted by Gasteiger charge is -2.54. The van der Waals surface area contributed by atoms with E-state index in [2.05, 4.69) is 27.7 Å². The molecule has 0 unspecified atom stereocenters. The standard InChI is InChI=1S/C41H70O12/c1-20-17-22(3)39(11,45)50-31(20)29-18-21(2)35(48-29)38(10)14-13-30(49-38)37(9)15-16-40(53-37)19-28(42)23(4)32(51-40)24(5)33-25(6)34(47-12)26(7)41(46,52-33)27(8)36(43)44/h20-35,42,45-46H,13-19H2,1-12H3,(H,43,44)/t20-,21-,22+,23+,24+,25-,26-,27+,28-,29+,30+,31-,32-,33+,34-,35+,37-,38-,39-,40+,41+/m0/s1. The van der Waals surface area contributed by atoms with Gasteiger partial charge in [-0.25, -0.2) is 0 Å². The maximum Gasteiger partial charge on any atom is 0.311 e. The number of aliphatic hydroxyl groups excluding tert-OH is 1. The van der Waals surface area contributed by atoms with Gasteiger partial charge in [-0.3, -0.25) is 4.79 Å². The Morgan fingerprint density at radius 1 is 0.830 bits per heavy atom. The molecule has 12 nitrogen and oxygen atoms in total. The Hall–Kier alpha value is -0.930. The molecular formula is C41H70O12. The number of aliphatic hydroxyl groups is 3. The number of hydrogen-bond acceptors (Lipinski definition) is 11. The molecule has 0 bridgehead atoms. The van der Waals surface area contributed by atoms with Crippen molar-refractivity contribution >= 4 is 5.97 Å². The lowest BCUT2D eigenvalue weighted by Crippen LogP contribution is -2.65. The monoisotopic (exact) mass is 754 g/mol. The normalized spacial score (nSPS) is 56.1. The van der Waals surface area contributed by atoms with Crippen LogP contribution in [0.4, 0.5) is 0 Å². The van der Waals surface area contributed by atoms with Crippen LogP contribution >= 0.6 is 0 Å². The molecule has 0 aromatic carbocycles. The predicted octanol–water partition coefficient (Wildman–Crippen LogP) is 5.27. The largest absolute Gasteiger partial charge is 0.481 e. The Kier molecular flexibility index (Phi) is 11.4. The first-order valence-electron chi connectivity index (χ1n) is 20.5. The molecule has 6 saturated heterocycles. The van der Waals surface area contributed by atoms with Gasteiger partial charge >= 0.3 is 5.97 Å². The molecule has 6 aliphatic rings. The Bertz CT molecular complexity index is 1330. The van der Waals surface area contributed by atoms with E-state index < -0.39 is 70.8 Å². The van der Waals surface area contributed by atoms with Crippen molar-refractivity contribution in [3.63, 3.8) is 0 Å². The summed E-state index contributed by atoms with van der Waals surface area (Å²) in [6.45, 7) is 21.6. The number of rotatable bonds is 8. The van der Waals surface area contributed by atoms with Crippen molar-refractivity contribution in [1.82, 2.24) is 0 Å². The summed E-state index contributed by atoms with van der Waals surface area (Å²) in [5, 5.41) is 44.1. The second kappa shape index (κ2) is 14.5. The van der Waals surface area contributed by atoms with E-state index in [-0.39, 0.29) is 59.9 Å². The third kappa shape index (κ3) is 7.16. The fraction of sp³-hybridized carbons (Fsp3) is 0.976. The van der Waals surface area contributed by atoms with Crippen LogP contribution in [0.1, 0.15) is 121 Å². The Morgan fingerprint density at radius 2 is 1.49 bits per heavy atom. The van der Waals surface area contributed by atoms with Gasteiger partial charge in [0.15, 0.2) is 17.4 Å². The van der Waals surface area contributed by atoms with Crippen LogP contribution in [0.2, 0.25) is 0 Å². The van der Waals surface area contributed by atoms with Crippen LogP contribution in [-0.4, -0.2) is 111 Å². The van der Waals surface area contributed by atoms with E-state index in [1.807, 2.05) is 27.7 Å². The van der Waals surface area contributed by atoms with Gasteiger partial charge in [-0.05, 0) is 71.6 Å². The highest BCUT2D eigenvalue weighted by Crippen LogP contribution is 2.55. The number of methoxy groups -OCH3 is 1. The van der Waals surface area contributed by atoms with Gasteiger partial charge in [-0.1, -0.05) is 48.5 Å². The molecule has 6 heterocycles. The van der Waals surface area contributed by atoms with E-state index in [0.717, 1.165) is 25.7 Å². The molecule has 0 saturated carbocycles. The number of carboxylic acid groups (broad SMARTS) is 1. The molecule has 12 heteroatoms. The van der Waals surface area contributed by atoms with Gasteiger partial charge in [0, 0.05) is 49.5 Å². The summed E-state index contributed by atoms with van der Waals surface area (Å²) < 4.78 is 46.4. The van der Waals surface area contributed by atoms with Crippen LogP contribution in [0.5, 0.6) is 0 Å². The molecule has 1 spiro atoms. The zero-order valence-corrected chi connectivity index (χ0v) is 34.2. The Balaban J connectivity index is 1.15. The first-order chi connectivity index (χ1) is 24.5. The van der Waals surface area contributed by atoms with Gasteiger partial charge < -0.3 is 53.6 Å². The summed E-state index contributed by atoms with van der Waals surface area (Å²) in [7, 11) is 1.58. The summed E-state index contributed by atoms with van der Waals surface area (Å²) in [5.74, 6) is -7.35. The van der Waals surface area contributed by atoms with E-state index in [4.69, 9.17) is 33.2 Å². The molecule has 6 fully saturated rings. The van der Waals surface area contributed by atoms with E-state index in [1.54, 1.807) is 21.0 Å². The smallest absolute Gasteiger partial charge is 0.311 e. The van der Waals surface area contributed by atoms with Gasteiger partial charge in [0.1, 0.15) is 5.92 Å². The molecule has 306 valence electrons. The van der Waals surface area contributed by atoms with Crippen LogP contribution in [0, 0.1) is 47.3 Å². The fourth-order valence-electron chi connectivity index (χ4n) is 11.5. The van der Waals surface area contributed by atoms with Crippen molar-refractivity contribution in [3.8, 4) is 0 Å². The van der Waals surface area contributed by atoms with Crippen LogP contribution < -0.4 is 0 Å². The maximum atomic E-state index is 12.1. The predicted molar refractivity (Wildman–Crippen MR) is 194 cm³/mol. The topological polar surface area (TPSA) is 163 Å². The number of carboxylic acids is 1. The summed E-state index contributed by atoms with van der Waals surface area (Å²) in [6, 6.07) is 0. The zero-order chi connectivity index (χ0) is 39.2. The minimum Gasteiger partial charge on any atom is -0.481 e. The van der Waals surface area contributed by atoms with Crippen molar-refractivity contribution in [2.75, 3.05) is 7.11 Å². The minimum atomic E-state index is -1.96. The Morgan fingerprint density at radius 3 is 2.13 bits per heavy atom. The molecule has 21 atom stereocenters. The summed E-state index contributed by atoms with van der Waals surface area (Å²) in [5.41, 5.74) is -1.19. The Labute approximate surface area is 316 Å². The van der Waals surface area contributed by atoms with Crippen molar-refractivity contribution in [2.45, 2.75) is 199 Å². The van der Waals surface area contributed by atoms with Gasteiger partial charge in [0.05, 0.1) is 60.0 Å². The molecule has 0 aromatic rings. The molecule has 0 aromatic heterocycles. The maximum absolute atomic E-state index is 12.1. The number of carbonyl (C=O) groups is 1. The highest BCUT2D eigenvalue weighted by atomic mass is 16.7. The molecule has 4 N–H and O–H groups in total. The van der Waals surface area contributed by atoms with Gasteiger partial charge in [0.25, 0.3) is 0 Å². The molecule has 0 amide bonds. The average Bonchev–Trinajstić information content (AvgIpc) is 3.78. The second-order valence-corrected chi connectivity index (χ2v) is 19.2. The lowest BCUT2D eigenvalue weighted by molar-refractivity contribution is -0.365. The highest BCUT2D eigenvalue weighted by Gasteiger charge is 2.63. The molecular weight excluding hydrogens is 684 g/mol. The number of ether oxygens (including phenoxy) is 7.